The van der Waals surface area contributed by atoms with Gasteiger partial charge in [0.1, 0.15) is 35.2 Å². The third-order valence-electron chi connectivity index (χ3n) is 31.0. The van der Waals surface area contributed by atoms with Gasteiger partial charge in [-0.25, -0.2) is 22.8 Å². The molecule has 10 aromatic heterocycles. The highest BCUT2D eigenvalue weighted by molar-refractivity contribution is 5.93. The van der Waals surface area contributed by atoms with E-state index in [4.69, 9.17) is 24.0 Å². The van der Waals surface area contributed by atoms with Crippen LogP contribution < -0.4 is 22.8 Å². The number of pyridine rings is 10. The van der Waals surface area contributed by atoms with Gasteiger partial charge in [0.15, 0.2) is 31.0 Å². The van der Waals surface area contributed by atoms with Gasteiger partial charge in [-0.1, -0.05) is 163 Å². The van der Waals surface area contributed by atoms with Crippen LogP contribution in [-0.2, 0) is 68.7 Å². The number of benzene rings is 5. The van der Waals surface area contributed by atoms with E-state index in [0.29, 0.717) is 5.69 Å². The Balaban J connectivity index is 0.000000102. The van der Waals surface area contributed by atoms with Gasteiger partial charge in [-0.15, -0.1) is 0 Å². The van der Waals surface area contributed by atoms with Gasteiger partial charge in [0, 0.05) is 151 Å². The zero-order valence-electron chi connectivity index (χ0n) is 80.7. The average Bonchev–Trinajstić information content (AvgIpc) is 1.56. The third-order valence-corrected chi connectivity index (χ3v) is 31.0. The first-order valence-corrected chi connectivity index (χ1v) is 47.1. The lowest BCUT2D eigenvalue weighted by molar-refractivity contribution is -0.660. The lowest BCUT2D eigenvalue weighted by Crippen LogP contribution is -2.32. The van der Waals surface area contributed by atoms with Crippen molar-refractivity contribution in [2.24, 2.45) is 35.2 Å². The maximum atomic E-state index is 8.40. The molecule has 128 heavy (non-hydrogen) atoms. The average molecular weight is 1680 g/mol. The zero-order valence-corrected chi connectivity index (χ0v) is 77.7. The summed E-state index contributed by atoms with van der Waals surface area (Å²) < 4.78 is 36.3. The Kier molecular flexibility index (Phi) is 20.5. The molecule has 0 aliphatic heterocycles. The van der Waals surface area contributed by atoms with Gasteiger partial charge in [-0.3, -0.25) is 24.9 Å². The van der Waals surface area contributed by atoms with Crippen LogP contribution in [0.15, 0.2) is 250 Å². The first-order chi connectivity index (χ1) is 63.3. The molecule has 0 bridgehead atoms. The van der Waals surface area contributed by atoms with Gasteiger partial charge < -0.3 is 0 Å². The van der Waals surface area contributed by atoms with E-state index >= 15 is 0 Å². The van der Waals surface area contributed by atoms with E-state index in [0.717, 1.165) is 45.5 Å². The lowest BCUT2D eigenvalue weighted by Gasteiger charge is -2.27. The van der Waals surface area contributed by atoms with E-state index in [-0.39, 0.29) is 21.7 Å². The predicted molar refractivity (Wildman–Crippen MR) is 518 cm³/mol. The van der Waals surface area contributed by atoms with Crippen molar-refractivity contribution in [3.63, 3.8) is 0 Å². The highest BCUT2D eigenvalue weighted by Gasteiger charge is 2.54. The SMILES string of the molecule is CCc1cc[n+](C)c(-c2c(C)ccc3c2C2(CCCC2)c2ncccc2-3)c1.Cc1cc[n+](C)c(-c2c(C)ccc3c2C2(CCCC2)c2ncccc2-3)c1.Cc1cc[n+](C)c(-c2c(C)ccc3c2C2(CCCC2)c2ncccc2-3)c1.Cc1ccc2c(c1-c1cccc[n+]1C)C1(CCCC1)c1ncccc1-2.[2H]C([2H])([2H])C1(C)c2ncccc2-c2ccc(C)c(-c3cc(C)cc[n+]3C)c21. The van der Waals surface area contributed by atoms with Crippen LogP contribution in [0.2, 0.25) is 0 Å². The van der Waals surface area contributed by atoms with Crippen LogP contribution in [-0.4, -0.2) is 24.9 Å². The summed E-state index contributed by atoms with van der Waals surface area (Å²) in [5, 5.41) is 0. The molecule has 9 aliphatic carbocycles. The maximum absolute atomic E-state index is 8.40. The quantitative estimate of drug-likeness (QED) is 0.155. The van der Waals surface area contributed by atoms with Crippen molar-refractivity contribution in [3.05, 3.63) is 356 Å². The Morgan fingerprint density at radius 3 is 0.844 bits per heavy atom. The van der Waals surface area contributed by atoms with Crippen LogP contribution in [0.3, 0.4) is 0 Å². The molecule has 10 nitrogen and oxygen atoms in total. The number of rotatable bonds is 6. The van der Waals surface area contributed by atoms with Gasteiger partial charge >= 0.3 is 0 Å². The van der Waals surface area contributed by atoms with Gasteiger partial charge in [0.2, 0.25) is 28.5 Å². The highest BCUT2D eigenvalue weighted by atomic mass is 15.0. The monoisotopic (exact) mass is 1680 g/mol. The summed E-state index contributed by atoms with van der Waals surface area (Å²) in [7, 11) is 10.6. The second-order valence-electron chi connectivity index (χ2n) is 38.9. The molecular formula is C118H123N10+5. The summed E-state index contributed by atoms with van der Waals surface area (Å²) >= 11 is 0. The summed E-state index contributed by atoms with van der Waals surface area (Å²) in [6.45, 7) is 19.4. The van der Waals surface area contributed by atoms with Crippen LogP contribution in [0.25, 0.3) is 112 Å². The molecule has 5 aromatic carbocycles. The third kappa shape index (κ3) is 13.3. The summed E-state index contributed by atoms with van der Waals surface area (Å²) in [5.41, 5.74) is 49.7. The molecule has 10 heteroatoms. The van der Waals surface area contributed by atoms with E-state index in [9.17, 15) is 0 Å². The number of aromatic nitrogens is 10. The molecule has 0 amide bonds. The number of hydrogen-bond acceptors (Lipinski definition) is 5. The van der Waals surface area contributed by atoms with Crippen molar-refractivity contribution in [2.45, 2.75) is 212 Å². The van der Waals surface area contributed by atoms with Crippen molar-refractivity contribution in [2.75, 3.05) is 0 Å². The Hall–Kier alpha value is -12.4. The molecule has 640 valence electrons. The Morgan fingerprint density at radius 2 is 0.539 bits per heavy atom. The lowest BCUT2D eigenvalue weighted by atomic mass is 9.75. The first-order valence-electron chi connectivity index (χ1n) is 48.6. The van der Waals surface area contributed by atoms with Crippen LogP contribution in [0.5, 0.6) is 0 Å². The predicted octanol–water partition coefficient (Wildman–Crippen LogP) is 24.6. The van der Waals surface area contributed by atoms with Crippen LogP contribution in [0.1, 0.15) is 234 Å². The minimum absolute atomic E-state index is 0.0997. The van der Waals surface area contributed by atoms with Crippen molar-refractivity contribution < 1.29 is 26.9 Å². The molecule has 4 fully saturated rings. The fraction of sp³-hybridized carbons (Fsp3) is 0.322. The molecule has 0 saturated heterocycles. The molecule has 1 unspecified atom stereocenters. The van der Waals surface area contributed by atoms with Gasteiger partial charge in [0.25, 0.3) is 0 Å². The van der Waals surface area contributed by atoms with Gasteiger partial charge in [0.05, 0.1) is 56.3 Å². The second kappa shape index (κ2) is 32.7. The van der Waals surface area contributed by atoms with Crippen molar-refractivity contribution in [1.29, 1.82) is 0 Å². The van der Waals surface area contributed by atoms with Crippen molar-refractivity contribution in [1.82, 2.24) is 24.9 Å². The van der Waals surface area contributed by atoms with E-state index in [1.807, 2.05) is 70.1 Å². The largest absolute Gasteiger partial charge is 0.260 e. The molecule has 0 radical (unpaired) electrons. The topological polar surface area (TPSA) is 83.9 Å². The van der Waals surface area contributed by atoms with Gasteiger partial charge in [-0.05, 0) is 255 Å². The molecule has 15 aromatic rings. The zero-order chi connectivity index (χ0) is 91.0. The Morgan fingerprint density at radius 1 is 0.273 bits per heavy atom. The minimum Gasteiger partial charge on any atom is -0.260 e. The Bertz CT molecular complexity index is 6940. The minimum atomic E-state index is -2.22. The number of fused-ring (bicyclic) bond motifs is 23. The van der Waals surface area contributed by atoms with Crippen LogP contribution in [0, 0.1) is 55.4 Å². The number of hydrogen-bond donors (Lipinski definition) is 0. The smallest absolute Gasteiger partial charge is 0.213 e. The normalized spacial score (nSPS) is 17.5. The number of aryl methyl sites for hydroxylation is 14. The standard InChI is InChI=1S/C25H27N2.2C24H25N2.C23H23N2.C22H23N2/c1-4-18-11-15-27(3)21(16-18)22-17(2)9-10-19-20-8-7-14-26-24(20)25(23(19)22)12-5-6-13-25;2*1-16-10-14-26(3)20(15-16)21-17(2)8-9-18-19-7-6-13-25-23(19)24(22(18)21)11-4-5-12-24;1-16-10-11-17-18-8-7-14-24-22(18)23(12-4-5-13-23)21(17)20(16)19-9-3-6-15-25(19)2;1-14-10-12-24(5)18(13-14)19-15(2)8-9-16-17-7-6-11-23-21(17)22(3,4)20(16)19/h7-11,14-16H,4-6,12-13H2,1-3H3;2*6-10,13-15H,4-5,11-12H2,1-3H3;3,6-11,14-15H,4-5,12-13H2,1-2H3;6-13H,1-5H3/q5*+1/i;;;;3D3. The number of nitrogens with zero attached hydrogens (tertiary/aromatic N) is 10. The second-order valence-corrected chi connectivity index (χ2v) is 38.9. The molecule has 0 N–H and O–H groups in total. The summed E-state index contributed by atoms with van der Waals surface area (Å²) in [4.78, 5) is 24.2. The molecule has 4 saturated carbocycles. The fourth-order valence-corrected chi connectivity index (χ4v) is 24.9. The molecule has 24 rings (SSSR count). The molecule has 10 heterocycles. The fourth-order valence-electron chi connectivity index (χ4n) is 24.9. The summed E-state index contributed by atoms with van der Waals surface area (Å²) in [6.07, 6.45) is 41.5. The van der Waals surface area contributed by atoms with E-state index < -0.39 is 12.3 Å². The molecular weight excluding hydrogens is 1560 g/mol. The molecule has 4 spiro atoms. The molecule has 1 atom stereocenters. The van der Waals surface area contributed by atoms with Gasteiger partial charge in [-0.2, -0.15) is 0 Å². The van der Waals surface area contributed by atoms with Crippen molar-refractivity contribution in [3.8, 4) is 112 Å². The maximum Gasteiger partial charge on any atom is 0.213 e. The van der Waals surface area contributed by atoms with E-state index in [2.05, 4.69) is 306 Å². The van der Waals surface area contributed by atoms with E-state index in [1.165, 1.54) is 276 Å². The van der Waals surface area contributed by atoms with Crippen molar-refractivity contribution >= 4 is 0 Å². The van der Waals surface area contributed by atoms with Crippen LogP contribution >= 0.6 is 0 Å². The summed E-state index contributed by atoms with van der Waals surface area (Å²) in [5.74, 6) is 0. The van der Waals surface area contributed by atoms with Crippen LogP contribution in [0.4, 0.5) is 0 Å². The highest BCUT2D eigenvalue weighted by Crippen LogP contribution is 2.64. The molecule has 9 aliphatic rings. The van der Waals surface area contributed by atoms with E-state index in [1.54, 1.807) is 6.20 Å². The Labute approximate surface area is 763 Å². The summed E-state index contributed by atoms with van der Waals surface area (Å²) in [6, 6.07) is 68.2. The first kappa shape index (κ1) is 80.2.